The van der Waals surface area contributed by atoms with Crippen LogP contribution in [-0.4, -0.2) is 65.0 Å². The smallest absolute Gasteiger partial charge is 0.242 e. The highest BCUT2D eigenvalue weighted by molar-refractivity contribution is 6.30. The van der Waals surface area contributed by atoms with Gasteiger partial charge in [-0.1, -0.05) is 42.7 Å². The summed E-state index contributed by atoms with van der Waals surface area (Å²) in [6, 6.07) is 7.61. The third-order valence-electron chi connectivity index (χ3n) is 4.97. The predicted molar refractivity (Wildman–Crippen MR) is 117 cm³/mol. The van der Waals surface area contributed by atoms with Crippen molar-refractivity contribution in [2.24, 2.45) is 4.99 Å². The van der Waals surface area contributed by atoms with Gasteiger partial charge in [-0.2, -0.15) is 4.98 Å². The summed E-state index contributed by atoms with van der Waals surface area (Å²) in [6.07, 6.45) is 1.54. The van der Waals surface area contributed by atoms with E-state index in [9.17, 15) is 4.79 Å². The number of carbonyl (C=O) groups excluding carboxylic acids is 1. The molecule has 1 amide bonds. The number of carbonyl (C=O) groups is 1. The Morgan fingerprint density at radius 1 is 1.30 bits per heavy atom. The molecular formula is C21H29ClN6O2. The number of nitrogens with zero attached hydrogens (tertiary/aromatic N) is 5. The number of halogens is 1. The molecule has 1 aliphatic heterocycles. The van der Waals surface area contributed by atoms with Crippen molar-refractivity contribution in [3.63, 3.8) is 0 Å². The van der Waals surface area contributed by atoms with Crippen molar-refractivity contribution < 1.29 is 9.32 Å². The highest BCUT2D eigenvalue weighted by Crippen LogP contribution is 2.14. The Kier molecular flexibility index (Phi) is 7.68. The van der Waals surface area contributed by atoms with Crippen LogP contribution < -0.4 is 5.32 Å². The van der Waals surface area contributed by atoms with Gasteiger partial charge >= 0.3 is 0 Å². The molecule has 0 spiro atoms. The number of amides is 1. The van der Waals surface area contributed by atoms with Gasteiger partial charge in [0, 0.05) is 50.6 Å². The monoisotopic (exact) mass is 432 g/mol. The van der Waals surface area contributed by atoms with Crippen molar-refractivity contribution in [3.05, 3.63) is 46.6 Å². The van der Waals surface area contributed by atoms with E-state index in [4.69, 9.17) is 16.1 Å². The first-order chi connectivity index (χ1) is 14.5. The van der Waals surface area contributed by atoms with Crippen molar-refractivity contribution in [3.8, 4) is 0 Å². The molecule has 0 unspecified atom stereocenters. The van der Waals surface area contributed by atoms with Crippen molar-refractivity contribution in [1.82, 2.24) is 25.3 Å². The Labute approximate surface area is 182 Å². The number of guanidine groups is 1. The van der Waals surface area contributed by atoms with Crippen molar-refractivity contribution in [1.29, 1.82) is 0 Å². The lowest BCUT2D eigenvalue weighted by molar-refractivity contribution is -0.135. The fraction of sp³-hybridized carbons (Fsp3) is 0.524. The van der Waals surface area contributed by atoms with Crippen molar-refractivity contribution >= 4 is 23.5 Å². The summed E-state index contributed by atoms with van der Waals surface area (Å²) in [4.78, 5) is 25.2. The molecule has 2 aromatic rings. The third-order valence-corrected chi connectivity index (χ3v) is 5.22. The van der Waals surface area contributed by atoms with E-state index in [-0.39, 0.29) is 11.8 Å². The number of aryl methyl sites for hydroxylation is 1. The standard InChI is InChI=1S/C21H29ClN6O2/c1-15(2)20-25-18(30-26-20)5-4-10-24-21(23-3)28-12-11-27(19(29)14-28)13-16-6-8-17(22)9-7-16/h6-9,15H,4-5,10-14H2,1-3H3,(H,23,24). The minimum atomic E-state index is 0.0891. The third kappa shape index (κ3) is 5.95. The van der Waals surface area contributed by atoms with Gasteiger partial charge in [0.25, 0.3) is 0 Å². The zero-order valence-electron chi connectivity index (χ0n) is 17.8. The summed E-state index contributed by atoms with van der Waals surface area (Å²) < 4.78 is 5.27. The maximum absolute atomic E-state index is 12.6. The highest BCUT2D eigenvalue weighted by Gasteiger charge is 2.25. The van der Waals surface area contributed by atoms with Gasteiger partial charge in [-0.05, 0) is 24.1 Å². The number of piperazine rings is 1. The molecule has 0 radical (unpaired) electrons. The lowest BCUT2D eigenvalue weighted by atomic mass is 10.2. The molecule has 0 saturated carbocycles. The topological polar surface area (TPSA) is 86.9 Å². The number of nitrogens with one attached hydrogen (secondary N) is 1. The fourth-order valence-corrected chi connectivity index (χ4v) is 3.37. The first-order valence-electron chi connectivity index (χ1n) is 10.3. The second-order valence-electron chi connectivity index (χ2n) is 7.64. The van der Waals surface area contributed by atoms with Crippen LogP contribution in [-0.2, 0) is 17.8 Å². The van der Waals surface area contributed by atoms with E-state index in [2.05, 4.69) is 20.4 Å². The summed E-state index contributed by atoms with van der Waals surface area (Å²) >= 11 is 5.93. The minimum Gasteiger partial charge on any atom is -0.356 e. The Bertz CT molecular complexity index is 865. The Morgan fingerprint density at radius 2 is 2.07 bits per heavy atom. The second-order valence-corrected chi connectivity index (χ2v) is 8.08. The second kappa shape index (κ2) is 10.4. The van der Waals surface area contributed by atoms with Gasteiger partial charge in [0.2, 0.25) is 11.8 Å². The average molecular weight is 433 g/mol. The largest absolute Gasteiger partial charge is 0.356 e. The molecule has 8 nitrogen and oxygen atoms in total. The van der Waals surface area contributed by atoms with Crippen LogP contribution in [0.5, 0.6) is 0 Å². The molecule has 162 valence electrons. The quantitative estimate of drug-likeness (QED) is 0.411. The van der Waals surface area contributed by atoms with Crippen LogP contribution >= 0.6 is 11.6 Å². The van der Waals surface area contributed by atoms with Gasteiger partial charge in [-0.25, -0.2) is 0 Å². The first-order valence-corrected chi connectivity index (χ1v) is 10.6. The van der Waals surface area contributed by atoms with E-state index >= 15 is 0 Å². The number of aliphatic imine (C=N–C) groups is 1. The molecule has 0 aliphatic carbocycles. The van der Waals surface area contributed by atoms with Crippen LogP contribution in [0.4, 0.5) is 0 Å². The number of rotatable bonds is 7. The van der Waals surface area contributed by atoms with Gasteiger partial charge < -0.3 is 19.6 Å². The molecule has 2 heterocycles. The maximum atomic E-state index is 12.6. The van der Waals surface area contributed by atoms with Crippen LogP contribution in [0.15, 0.2) is 33.8 Å². The fourth-order valence-electron chi connectivity index (χ4n) is 3.24. The molecule has 9 heteroatoms. The minimum absolute atomic E-state index is 0.0891. The Hall–Kier alpha value is -2.61. The van der Waals surface area contributed by atoms with E-state index in [1.807, 2.05) is 47.9 Å². The molecule has 1 aliphatic rings. The van der Waals surface area contributed by atoms with Gasteiger partial charge in [-0.3, -0.25) is 9.79 Å². The molecule has 1 aromatic carbocycles. The number of aromatic nitrogens is 2. The highest BCUT2D eigenvalue weighted by atomic mass is 35.5. The van der Waals surface area contributed by atoms with Gasteiger partial charge in [-0.15, -0.1) is 0 Å². The van der Waals surface area contributed by atoms with Crippen LogP contribution in [0.2, 0.25) is 5.02 Å². The van der Waals surface area contributed by atoms with E-state index < -0.39 is 0 Å². The zero-order valence-corrected chi connectivity index (χ0v) is 18.5. The van der Waals surface area contributed by atoms with Crippen molar-refractivity contribution in [2.75, 3.05) is 33.2 Å². The van der Waals surface area contributed by atoms with E-state index in [0.717, 1.165) is 30.3 Å². The molecule has 0 bridgehead atoms. The maximum Gasteiger partial charge on any atom is 0.242 e. The summed E-state index contributed by atoms with van der Waals surface area (Å²) in [5.74, 6) is 2.48. The molecule has 1 saturated heterocycles. The average Bonchev–Trinajstić information content (AvgIpc) is 3.21. The van der Waals surface area contributed by atoms with Crippen LogP contribution in [0, 0.1) is 0 Å². The lowest BCUT2D eigenvalue weighted by Crippen LogP contribution is -2.55. The normalized spacial score (nSPS) is 15.2. The first kappa shape index (κ1) is 22.1. The van der Waals surface area contributed by atoms with E-state index in [1.54, 1.807) is 7.05 Å². The Balaban J connectivity index is 1.43. The van der Waals surface area contributed by atoms with Gasteiger partial charge in [0.15, 0.2) is 11.8 Å². The summed E-state index contributed by atoms with van der Waals surface area (Å²) in [5.41, 5.74) is 1.07. The Morgan fingerprint density at radius 3 is 2.70 bits per heavy atom. The molecule has 1 aromatic heterocycles. The molecule has 1 N–H and O–H groups in total. The molecule has 30 heavy (non-hydrogen) atoms. The molecular weight excluding hydrogens is 404 g/mol. The molecule has 1 fully saturated rings. The molecule has 0 atom stereocenters. The van der Waals surface area contributed by atoms with Gasteiger partial charge in [0.1, 0.15) is 0 Å². The van der Waals surface area contributed by atoms with Crippen LogP contribution in [0.1, 0.15) is 43.5 Å². The SMILES string of the molecule is CN=C(NCCCc1nc(C(C)C)no1)N1CCN(Cc2ccc(Cl)cc2)C(=O)C1. The lowest BCUT2D eigenvalue weighted by Gasteiger charge is -2.36. The predicted octanol–water partition coefficient (Wildman–Crippen LogP) is 2.70. The van der Waals surface area contributed by atoms with E-state index in [0.29, 0.717) is 43.5 Å². The van der Waals surface area contributed by atoms with Gasteiger partial charge in [0.05, 0.1) is 6.54 Å². The summed E-state index contributed by atoms with van der Waals surface area (Å²) in [5, 5.41) is 8.01. The van der Waals surface area contributed by atoms with E-state index in [1.165, 1.54) is 0 Å². The number of hydrogen-bond donors (Lipinski definition) is 1. The number of benzene rings is 1. The summed E-state index contributed by atoms with van der Waals surface area (Å²) in [7, 11) is 1.74. The zero-order chi connectivity index (χ0) is 21.5. The van der Waals surface area contributed by atoms with Crippen LogP contribution in [0.3, 0.4) is 0 Å². The number of hydrogen-bond acceptors (Lipinski definition) is 5. The summed E-state index contributed by atoms with van der Waals surface area (Å²) in [6.45, 7) is 7.09. The molecule has 3 rings (SSSR count). The van der Waals surface area contributed by atoms with Crippen LogP contribution in [0.25, 0.3) is 0 Å². The van der Waals surface area contributed by atoms with Crippen molar-refractivity contribution in [2.45, 2.75) is 39.2 Å².